The molecule has 0 aromatic heterocycles. The van der Waals surface area contributed by atoms with Gasteiger partial charge in [-0.15, -0.1) is 0 Å². The van der Waals surface area contributed by atoms with E-state index in [0.29, 0.717) is 6.42 Å². The van der Waals surface area contributed by atoms with E-state index in [4.69, 9.17) is 0 Å². The Bertz CT molecular complexity index is 335. The van der Waals surface area contributed by atoms with Crippen LogP contribution in [-0.2, 0) is 23.6 Å². The second-order valence-corrected chi connectivity index (χ2v) is 3.91. The van der Waals surface area contributed by atoms with Crippen molar-refractivity contribution in [2.45, 2.75) is 19.1 Å². The predicted molar refractivity (Wildman–Crippen MR) is 47.3 cm³/mol. The maximum atomic E-state index is 10.8. The lowest BCUT2D eigenvalue weighted by molar-refractivity contribution is -0.185. The van der Waals surface area contributed by atoms with Crippen molar-refractivity contribution in [1.82, 2.24) is 5.32 Å². The molecule has 6 nitrogen and oxygen atoms in total. The fourth-order valence-corrected chi connectivity index (χ4v) is 2.08. The van der Waals surface area contributed by atoms with E-state index < -0.39 is 22.1 Å². The molecule has 1 N–H and O–H groups in total. The van der Waals surface area contributed by atoms with E-state index in [1.54, 1.807) is 6.92 Å². The Morgan fingerprint density at radius 2 is 2.14 bits per heavy atom. The molecule has 7 heteroatoms. The van der Waals surface area contributed by atoms with E-state index in [9.17, 15) is 13.2 Å². The first-order valence-corrected chi connectivity index (χ1v) is 5.33. The van der Waals surface area contributed by atoms with Gasteiger partial charge in [0.05, 0.1) is 6.54 Å². The zero-order chi connectivity index (χ0) is 10.8. The molecule has 1 heterocycles. The van der Waals surface area contributed by atoms with Crippen molar-refractivity contribution in [3.05, 3.63) is 12.7 Å². The number of hydrogen-bond acceptors (Lipinski definition) is 5. The van der Waals surface area contributed by atoms with E-state index in [-0.39, 0.29) is 6.54 Å². The van der Waals surface area contributed by atoms with Gasteiger partial charge in [0.1, 0.15) is 0 Å². The molecule has 0 radical (unpaired) electrons. The van der Waals surface area contributed by atoms with Crippen molar-refractivity contribution in [3.8, 4) is 0 Å². The van der Waals surface area contributed by atoms with Gasteiger partial charge in [0, 0.05) is 6.42 Å². The van der Waals surface area contributed by atoms with Gasteiger partial charge in [-0.2, -0.15) is 8.42 Å². The first kappa shape index (κ1) is 11.2. The van der Waals surface area contributed by atoms with Crippen LogP contribution < -0.4 is 5.32 Å². The number of amides is 1. The quantitative estimate of drug-likeness (QED) is 0.658. The zero-order valence-corrected chi connectivity index (χ0v) is 8.46. The SMILES string of the molecule is C=CC(=O)NCC1(CC)OS(=O)(=O)O1. The molecule has 0 bridgehead atoms. The summed E-state index contributed by atoms with van der Waals surface area (Å²) in [6.07, 6.45) is 1.40. The molecule has 1 aliphatic rings. The van der Waals surface area contributed by atoms with Crippen LogP contribution in [0.4, 0.5) is 0 Å². The standard InChI is InChI=1S/C7H11NO5S/c1-3-6(9)8-5-7(4-2)12-14(10,11)13-7/h3H,1,4-5H2,2H3,(H,8,9). The summed E-state index contributed by atoms with van der Waals surface area (Å²) in [4.78, 5) is 10.8. The molecule has 0 aromatic carbocycles. The van der Waals surface area contributed by atoms with Gasteiger partial charge in [-0.25, -0.2) is 8.37 Å². The van der Waals surface area contributed by atoms with E-state index in [1.165, 1.54) is 0 Å². The van der Waals surface area contributed by atoms with Crippen LogP contribution in [0, 0.1) is 0 Å². The van der Waals surface area contributed by atoms with Gasteiger partial charge in [0.2, 0.25) is 11.7 Å². The molecule has 0 saturated carbocycles. The minimum atomic E-state index is -3.83. The molecule has 1 fully saturated rings. The van der Waals surface area contributed by atoms with Gasteiger partial charge < -0.3 is 5.32 Å². The van der Waals surface area contributed by atoms with Gasteiger partial charge in [-0.1, -0.05) is 13.5 Å². The number of nitrogens with one attached hydrogen (secondary N) is 1. The summed E-state index contributed by atoms with van der Waals surface area (Å²) in [6.45, 7) is 4.92. The average molecular weight is 221 g/mol. The molecule has 0 spiro atoms. The molecule has 0 unspecified atom stereocenters. The third-order valence-electron chi connectivity index (χ3n) is 1.76. The van der Waals surface area contributed by atoms with E-state index in [2.05, 4.69) is 20.3 Å². The second kappa shape index (κ2) is 3.68. The van der Waals surface area contributed by atoms with Crippen molar-refractivity contribution in [1.29, 1.82) is 0 Å². The molecular formula is C7H11NO5S. The summed E-state index contributed by atoms with van der Waals surface area (Å²) >= 11 is 0. The molecular weight excluding hydrogens is 210 g/mol. The Labute approximate surface area is 82.2 Å². The molecule has 0 atom stereocenters. The van der Waals surface area contributed by atoms with Gasteiger partial charge in [0.15, 0.2) is 0 Å². The number of carbonyl (C=O) groups excluding carboxylic acids is 1. The average Bonchev–Trinajstić information content (AvgIpc) is 2.10. The van der Waals surface area contributed by atoms with Gasteiger partial charge >= 0.3 is 10.4 Å². The van der Waals surface area contributed by atoms with Crippen LogP contribution in [0.2, 0.25) is 0 Å². The number of carbonyl (C=O) groups is 1. The molecule has 14 heavy (non-hydrogen) atoms. The zero-order valence-electron chi connectivity index (χ0n) is 7.65. The summed E-state index contributed by atoms with van der Waals surface area (Å²) in [7, 11) is -3.83. The highest BCUT2D eigenvalue weighted by atomic mass is 32.3. The fraction of sp³-hybridized carbons (Fsp3) is 0.571. The highest BCUT2D eigenvalue weighted by Crippen LogP contribution is 2.32. The third kappa shape index (κ3) is 2.31. The van der Waals surface area contributed by atoms with Gasteiger partial charge in [-0.3, -0.25) is 4.79 Å². The minimum absolute atomic E-state index is 0.0203. The van der Waals surface area contributed by atoms with Crippen LogP contribution in [-0.4, -0.2) is 26.7 Å². The second-order valence-electron chi connectivity index (χ2n) is 2.76. The molecule has 1 saturated heterocycles. The first-order valence-electron chi connectivity index (χ1n) is 3.99. The van der Waals surface area contributed by atoms with Crippen LogP contribution in [0.15, 0.2) is 12.7 Å². The van der Waals surface area contributed by atoms with Crippen molar-refractivity contribution in [3.63, 3.8) is 0 Å². The molecule has 1 rings (SSSR count). The Morgan fingerprint density at radius 3 is 2.50 bits per heavy atom. The van der Waals surface area contributed by atoms with Crippen LogP contribution in [0.5, 0.6) is 0 Å². The molecule has 1 amide bonds. The maximum Gasteiger partial charge on any atom is 0.405 e. The summed E-state index contributed by atoms with van der Waals surface area (Å²) in [5.74, 6) is -1.65. The summed E-state index contributed by atoms with van der Waals surface area (Å²) in [5, 5.41) is 2.39. The van der Waals surface area contributed by atoms with Crippen LogP contribution in [0.3, 0.4) is 0 Å². The number of rotatable bonds is 4. The lowest BCUT2D eigenvalue weighted by Crippen LogP contribution is -2.56. The Morgan fingerprint density at radius 1 is 1.57 bits per heavy atom. The molecule has 1 aliphatic heterocycles. The lowest BCUT2D eigenvalue weighted by atomic mass is 10.2. The fourth-order valence-electron chi connectivity index (χ4n) is 0.974. The monoisotopic (exact) mass is 221 g/mol. The topological polar surface area (TPSA) is 81.7 Å². The van der Waals surface area contributed by atoms with Gasteiger partial charge in [0.25, 0.3) is 0 Å². The van der Waals surface area contributed by atoms with E-state index in [1.807, 2.05) is 0 Å². The van der Waals surface area contributed by atoms with Crippen molar-refractivity contribution in [2.24, 2.45) is 0 Å². The molecule has 0 aliphatic carbocycles. The molecule has 80 valence electrons. The summed E-state index contributed by atoms with van der Waals surface area (Å²) < 4.78 is 30.3. The van der Waals surface area contributed by atoms with Gasteiger partial charge in [-0.05, 0) is 6.08 Å². The first-order chi connectivity index (χ1) is 6.43. The van der Waals surface area contributed by atoms with Crippen LogP contribution in [0.25, 0.3) is 0 Å². The number of hydrogen-bond donors (Lipinski definition) is 1. The third-order valence-corrected chi connectivity index (χ3v) is 2.78. The Balaban J connectivity index is 2.50. The van der Waals surface area contributed by atoms with Crippen molar-refractivity contribution >= 4 is 16.3 Å². The predicted octanol–water partition coefficient (Wildman–Crippen LogP) is -0.313. The Hall–Kier alpha value is -0.920. The summed E-state index contributed by atoms with van der Waals surface area (Å²) in [6, 6.07) is 0. The van der Waals surface area contributed by atoms with Crippen LogP contribution in [0.1, 0.15) is 13.3 Å². The highest BCUT2D eigenvalue weighted by Gasteiger charge is 2.50. The maximum absolute atomic E-state index is 10.8. The van der Waals surface area contributed by atoms with Crippen molar-refractivity contribution < 1.29 is 21.6 Å². The van der Waals surface area contributed by atoms with Crippen LogP contribution >= 0.6 is 0 Å². The minimum Gasteiger partial charge on any atom is -0.347 e. The van der Waals surface area contributed by atoms with E-state index >= 15 is 0 Å². The van der Waals surface area contributed by atoms with E-state index in [0.717, 1.165) is 6.08 Å². The largest absolute Gasteiger partial charge is 0.405 e. The Kier molecular flexibility index (Phi) is 2.93. The van der Waals surface area contributed by atoms with Crippen molar-refractivity contribution in [2.75, 3.05) is 6.54 Å². The normalized spacial score (nSPS) is 22.1. The lowest BCUT2D eigenvalue weighted by Gasteiger charge is -2.38. The summed E-state index contributed by atoms with van der Waals surface area (Å²) in [5.41, 5.74) is 0. The highest BCUT2D eigenvalue weighted by molar-refractivity contribution is 7.82. The molecule has 0 aromatic rings. The smallest absolute Gasteiger partial charge is 0.347 e.